The van der Waals surface area contributed by atoms with Crippen LogP contribution in [0.3, 0.4) is 0 Å². The van der Waals surface area contributed by atoms with Crippen molar-refractivity contribution in [3.8, 4) is 5.75 Å². The van der Waals surface area contributed by atoms with Gasteiger partial charge in [-0.05, 0) is 89.8 Å². The lowest BCUT2D eigenvalue weighted by atomic mass is 10.1. The number of aromatic nitrogens is 3. The maximum Gasteiger partial charge on any atom is 0.397 e. The third-order valence-corrected chi connectivity index (χ3v) is 16.8. The molecule has 0 amide bonds. The van der Waals surface area contributed by atoms with Gasteiger partial charge in [0.25, 0.3) is 30.4 Å². The number of hydrogen-bond acceptors (Lipinski definition) is 27. The number of aromatic hydroxyl groups is 1. The summed E-state index contributed by atoms with van der Waals surface area (Å²) in [5.74, 6) is -3.68. The Morgan fingerprint density at radius 1 is 0.618 bits per heavy atom. The number of anilines is 5. The Hall–Kier alpha value is -6.57. The van der Waals surface area contributed by atoms with Gasteiger partial charge in [0.1, 0.15) is 31.7 Å². The van der Waals surface area contributed by atoms with E-state index in [1.165, 1.54) is 30.1 Å². The third-order valence-electron chi connectivity index (χ3n) is 9.71. The van der Waals surface area contributed by atoms with E-state index in [1.807, 2.05) is 0 Å². The molecule has 0 aliphatic carbocycles. The van der Waals surface area contributed by atoms with Gasteiger partial charge in [-0.2, -0.15) is 62.2 Å². The number of nitrogens with two attached hydrogens (primary N) is 1. The number of benzene rings is 5. The Morgan fingerprint density at radius 2 is 1.16 bits per heavy atom. The van der Waals surface area contributed by atoms with Crippen LogP contribution in [0.2, 0.25) is 5.28 Å². The first-order chi connectivity index (χ1) is 34.9. The molecule has 408 valence electrons. The van der Waals surface area contributed by atoms with Gasteiger partial charge in [-0.15, -0.1) is 15.3 Å². The molecule has 0 aliphatic rings. The molecule has 0 saturated heterocycles. The van der Waals surface area contributed by atoms with Gasteiger partial charge >= 0.3 is 20.8 Å². The Morgan fingerprint density at radius 3 is 1.71 bits per heavy atom. The van der Waals surface area contributed by atoms with Gasteiger partial charge in [-0.1, -0.05) is 6.07 Å². The molecular formula is C36H33ClN10O22S7. The van der Waals surface area contributed by atoms with Crippen LogP contribution in [-0.4, -0.2) is 134 Å². The molecule has 76 heavy (non-hydrogen) atoms. The highest BCUT2D eigenvalue weighted by molar-refractivity contribution is 7.92. The Balaban J connectivity index is 1.38. The standard InChI is InChI=1S/C36H33ClN10O22S7/c1-47(22-3-2-4-24(18-22)71(51,52)14-12-69-76(65,66)67)36-41-34(37)40-35(42-36)39-21-7-10-26(72(53,54)55)25(17-21)44-46-32-28(74(59,60)61)16-19-15-27(73(56,57)58)31(30(38)29(19)33(32)48)45-43-20-5-8-23(9-6-20)70(49,50)13-11-68-75(62,63)64/h2-10,15-18,48H,11-14,38H2,1H3,(H,53,54,55)(H,56,57,58)(H,59,60,61)(H,62,63,64)(H,65,66,67)(H,39,40,41,42)/b45-43+,46-44+. The van der Waals surface area contributed by atoms with E-state index in [4.69, 9.17) is 26.4 Å². The van der Waals surface area contributed by atoms with Crippen molar-refractivity contribution >= 4 is 145 Å². The number of nitrogens with zero attached hydrogens (tertiary/aromatic N) is 8. The predicted octanol–water partition coefficient (Wildman–Crippen LogP) is 4.23. The minimum absolute atomic E-state index is 0.125. The number of rotatable bonds is 21. The SMILES string of the molecule is CN(c1cccc(S(=O)(=O)CCOS(=O)(=O)O)c1)c1nc(Cl)nc(Nc2ccc(S(=O)(=O)O)c(/N=N/c3c(S(=O)(=O)O)cc4cc(S(=O)(=O)O)c(/N=N/c5ccc(S(=O)(=O)CCOS(=O)(=O)O)cc5)c(N)c4c3O)c2)n1. The number of hydrogen-bond donors (Lipinski definition) is 8. The summed E-state index contributed by atoms with van der Waals surface area (Å²) in [5, 5.41) is 27.3. The molecule has 0 atom stereocenters. The minimum atomic E-state index is -5.51. The zero-order valence-corrected chi connectivity index (χ0v) is 43.9. The number of phenols is 1. The van der Waals surface area contributed by atoms with Crippen molar-refractivity contribution in [2.24, 2.45) is 20.5 Å². The molecule has 5 aromatic carbocycles. The highest BCUT2D eigenvalue weighted by atomic mass is 35.5. The molecule has 0 unspecified atom stereocenters. The average molecular weight is 1220 g/mol. The summed E-state index contributed by atoms with van der Waals surface area (Å²) in [6.07, 6.45) is 0. The highest BCUT2D eigenvalue weighted by Gasteiger charge is 2.29. The smallest absolute Gasteiger partial charge is 0.397 e. The van der Waals surface area contributed by atoms with E-state index in [0.717, 1.165) is 48.5 Å². The first-order valence-corrected chi connectivity index (χ1v) is 30.5. The van der Waals surface area contributed by atoms with Gasteiger partial charge in [0.05, 0.1) is 51.3 Å². The fourth-order valence-electron chi connectivity index (χ4n) is 6.34. The van der Waals surface area contributed by atoms with Gasteiger partial charge in [0, 0.05) is 18.4 Å². The monoisotopic (exact) mass is 1220 g/mol. The molecule has 9 N–H and O–H groups in total. The maximum absolute atomic E-state index is 12.9. The molecule has 1 heterocycles. The number of fused-ring (bicyclic) bond motifs is 1. The van der Waals surface area contributed by atoms with Crippen LogP contribution in [0.4, 0.5) is 51.7 Å². The van der Waals surface area contributed by atoms with Crippen LogP contribution in [0.15, 0.2) is 124 Å². The lowest BCUT2D eigenvalue weighted by Gasteiger charge is -2.19. The van der Waals surface area contributed by atoms with E-state index < -0.39 is 160 Å². The number of azo groups is 2. The van der Waals surface area contributed by atoms with Crippen LogP contribution in [-0.2, 0) is 79.2 Å². The van der Waals surface area contributed by atoms with Gasteiger partial charge in [0.2, 0.25) is 17.2 Å². The maximum atomic E-state index is 12.9. The Bertz CT molecular complexity index is 4210. The number of sulfone groups is 2. The number of halogens is 1. The third kappa shape index (κ3) is 14.7. The van der Waals surface area contributed by atoms with E-state index in [1.54, 1.807) is 0 Å². The molecule has 0 fully saturated rings. The largest absolute Gasteiger partial charge is 0.505 e. The summed E-state index contributed by atoms with van der Waals surface area (Å²) in [4.78, 5) is 9.19. The lowest BCUT2D eigenvalue weighted by Crippen LogP contribution is -2.17. The quantitative estimate of drug-likeness (QED) is 0.0284. The summed E-state index contributed by atoms with van der Waals surface area (Å²) in [7, 11) is -33.0. The molecule has 0 aliphatic heterocycles. The van der Waals surface area contributed by atoms with Crippen molar-refractivity contribution in [1.29, 1.82) is 0 Å². The average Bonchev–Trinajstić information content (AvgIpc) is 3.28. The molecule has 0 spiro atoms. The van der Waals surface area contributed by atoms with E-state index in [0.29, 0.717) is 12.1 Å². The summed E-state index contributed by atoms with van der Waals surface area (Å²) in [5.41, 5.74) is 2.19. The summed E-state index contributed by atoms with van der Waals surface area (Å²) < 4.78 is 226. The first kappa shape index (κ1) is 58.7. The number of nitrogens with one attached hydrogen (secondary N) is 1. The fraction of sp³-hybridized carbons (Fsp3) is 0.139. The van der Waals surface area contributed by atoms with Crippen LogP contribution >= 0.6 is 11.6 Å². The summed E-state index contributed by atoms with van der Waals surface area (Å²) >= 11 is 6.18. The van der Waals surface area contributed by atoms with E-state index >= 15 is 0 Å². The predicted molar refractivity (Wildman–Crippen MR) is 262 cm³/mol. The van der Waals surface area contributed by atoms with Crippen molar-refractivity contribution < 1.29 is 95.2 Å². The van der Waals surface area contributed by atoms with Crippen molar-refractivity contribution in [2.75, 3.05) is 47.7 Å². The highest BCUT2D eigenvalue weighted by Crippen LogP contribution is 2.48. The zero-order valence-electron chi connectivity index (χ0n) is 37.4. The molecule has 6 aromatic rings. The van der Waals surface area contributed by atoms with Gasteiger partial charge in [-0.25, -0.2) is 25.2 Å². The van der Waals surface area contributed by atoms with E-state index in [9.17, 15) is 77.7 Å². The molecule has 0 saturated carbocycles. The second-order valence-corrected chi connectivity index (χ2v) is 25.8. The molecule has 40 heteroatoms. The van der Waals surface area contributed by atoms with Crippen LogP contribution in [0, 0.1) is 0 Å². The second kappa shape index (κ2) is 21.8. The first-order valence-electron chi connectivity index (χ1n) is 19.8. The lowest BCUT2D eigenvalue weighted by molar-refractivity contribution is 0.282. The zero-order chi connectivity index (χ0) is 56.6. The fourth-order valence-corrected chi connectivity index (χ4v) is 11.4. The molecule has 1 aromatic heterocycles. The van der Waals surface area contributed by atoms with Crippen LogP contribution in [0.1, 0.15) is 0 Å². The Labute approximate surface area is 435 Å². The molecule has 32 nitrogen and oxygen atoms in total. The summed E-state index contributed by atoms with van der Waals surface area (Å²) in [6.45, 7) is -1.86. The van der Waals surface area contributed by atoms with Crippen LogP contribution < -0.4 is 16.0 Å². The van der Waals surface area contributed by atoms with E-state index in [-0.39, 0.29) is 33.9 Å². The van der Waals surface area contributed by atoms with E-state index in [2.05, 4.69) is 49.1 Å². The normalized spacial score (nSPS) is 13.2. The number of phenolic OH excluding ortho intramolecular Hbond substituents is 1. The van der Waals surface area contributed by atoms with Gasteiger partial charge in [-0.3, -0.25) is 22.8 Å². The van der Waals surface area contributed by atoms with Crippen LogP contribution in [0.5, 0.6) is 5.75 Å². The van der Waals surface area contributed by atoms with Crippen molar-refractivity contribution in [1.82, 2.24) is 15.0 Å². The second-order valence-electron chi connectivity index (χ2n) is 14.9. The minimum Gasteiger partial charge on any atom is -0.505 e. The molecule has 0 radical (unpaired) electrons. The van der Waals surface area contributed by atoms with Gasteiger partial charge in [0.15, 0.2) is 25.4 Å². The molecule has 0 bridgehead atoms. The summed E-state index contributed by atoms with van der Waals surface area (Å²) in [6, 6.07) is 12.8. The van der Waals surface area contributed by atoms with Crippen molar-refractivity contribution in [3.05, 3.63) is 84.1 Å². The van der Waals surface area contributed by atoms with Crippen molar-refractivity contribution in [2.45, 2.75) is 24.5 Å². The molecule has 6 rings (SSSR count). The van der Waals surface area contributed by atoms with Crippen LogP contribution in [0.25, 0.3) is 10.8 Å². The Kier molecular flexibility index (Phi) is 16.8. The van der Waals surface area contributed by atoms with Crippen molar-refractivity contribution in [3.63, 3.8) is 0 Å². The molecular weight excluding hydrogens is 1180 g/mol. The topological polar surface area (TPSA) is 508 Å². The van der Waals surface area contributed by atoms with Gasteiger partial charge < -0.3 is 21.1 Å². The number of nitrogen functional groups attached to an aromatic ring is 1.